The molecule has 37 heavy (non-hydrogen) atoms. The number of nitrogens with one attached hydrogen (secondary N) is 1. The van der Waals surface area contributed by atoms with E-state index in [1.54, 1.807) is 32.2 Å². The molecule has 8 heteroatoms. The zero-order chi connectivity index (χ0) is 26.7. The van der Waals surface area contributed by atoms with Crippen molar-refractivity contribution in [1.29, 1.82) is 0 Å². The molecule has 4 rings (SSSR count). The summed E-state index contributed by atoms with van der Waals surface area (Å²) in [6.07, 6.45) is 0.917. The third kappa shape index (κ3) is 5.23. The second-order valence-corrected chi connectivity index (χ2v) is 9.01. The van der Waals surface area contributed by atoms with Gasteiger partial charge in [0.05, 0.1) is 26.4 Å². The maximum Gasteiger partial charge on any atom is 0.336 e. The summed E-state index contributed by atoms with van der Waals surface area (Å²) in [5, 5.41) is 3.33. The van der Waals surface area contributed by atoms with Crippen molar-refractivity contribution in [2.24, 2.45) is 0 Å². The Bertz CT molecular complexity index is 1290. The molecule has 1 N–H and O–H groups in total. The summed E-state index contributed by atoms with van der Waals surface area (Å²) in [6.45, 7) is 5.29. The second-order valence-electron chi connectivity index (χ2n) is 9.01. The van der Waals surface area contributed by atoms with Gasteiger partial charge in [0, 0.05) is 36.2 Å². The van der Waals surface area contributed by atoms with Crippen LogP contribution in [0, 0.1) is 0 Å². The van der Waals surface area contributed by atoms with Crippen LogP contribution in [-0.2, 0) is 19.1 Å². The van der Waals surface area contributed by atoms with Crippen LogP contribution in [0.5, 0.6) is 17.2 Å². The van der Waals surface area contributed by atoms with Crippen molar-refractivity contribution >= 4 is 17.7 Å². The van der Waals surface area contributed by atoms with Gasteiger partial charge in [-0.25, -0.2) is 4.79 Å². The molecule has 2 unspecified atom stereocenters. The van der Waals surface area contributed by atoms with Gasteiger partial charge in [-0.3, -0.25) is 9.59 Å². The largest absolute Gasteiger partial charge is 0.497 e. The summed E-state index contributed by atoms with van der Waals surface area (Å²) in [6, 6.07) is 12.8. The van der Waals surface area contributed by atoms with Crippen LogP contribution >= 0.6 is 0 Å². The number of methoxy groups -OCH3 is 2. The van der Waals surface area contributed by atoms with Crippen molar-refractivity contribution in [3.63, 3.8) is 0 Å². The van der Waals surface area contributed by atoms with E-state index in [1.807, 2.05) is 31.2 Å². The number of esters is 2. The second kappa shape index (κ2) is 10.9. The van der Waals surface area contributed by atoms with Crippen molar-refractivity contribution in [1.82, 2.24) is 5.32 Å². The Morgan fingerprint density at radius 1 is 1.00 bits per heavy atom. The summed E-state index contributed by atoms with van der Waals surface area (Å²) in [4.78, 5) is 38.2. The molecule has 0 bridgehead atoms. The van der Waals surface area contributed by atoms with Crippen molar-refractivity contribution < 1.29 is 33.3 Å². The van der Waals surface area contributed by atoms with Gasteiger partial charge in [-0.15, -0.1) is 0 Å². The molecular formula is C29H31NO7. The predicted octanol–water partition coefficient (Wildman–Crippen LogP) is 4.55. The zero-order valence-electron chi connectivity index (χ0n) is 21.7. The molecule has 0 amide bonds. The Balaban J connectivity index is 1.80. The monoisotopic (exact) mass is 505 g/mol. The van der Waals surface area contributed by atoms with E-state index in [0.717, 1.165) is 17.0 Å². The Hall–Kier alpha value is -4.07. The number of hydrogen-bond acceptors (Lipinski definition) is 8. The number of benzene rings is 2. The lowest BCUT2D eigenvalue weighted by molar-refractivity contribution is -0.136. The number of ketones is 1. The fourth-order valence-electron chi connectivity index (χ4n) is 5.08. The molecule has 2 aromatic rings. The van der Waals surface area contributed by atoms with E-state index in [9.17, 15) is 14.4 Å². The predicted molar refractivity (Wildman–Crippen MR) is 137 cm³/mol. The molecule has 1 heterocycles. The smallest absolute Gasteiger partial charge is 0.336 e. The van der Waals surface area contributed by atoms with Crippen LogP contribution in [-0.4, -0.2) is 38.5 Å². The van der Waals surface area contributed by atoms with Crippen LogP contribution in [0.4, 0.5) is 0 Å². The van der Waals surface area contributed by atoms with E-state index >= 15 is 0 Å². The average Bonchev–Trinajstić information content (AvgIpc) is 2.88. The van der Waals surface area contributed by atoms with Crippen molar-refractivity contribution in [2.75, 3.05) is 20.8 Å². The molecule has 0 spiro atoms. The highest BCUT2D eigenvalue weighted by atomic mass is 16.6. The Morgan fingerprint density at radius 3 is 2.32 bits per heavy atom. The van der Waals surface area contributed by atoms with Gasteiger partial charge in [0.15, 0.2) is 17.3 Å². The van der Waals surface area contributed by atoms with Crippen molar-refractivity contribution in [3.05, 3.63) is 76.1 Å². The van der Waals surface area contributed by atoms with Gasteiger partial charge in [-0.1, -0.05) is 18.2 Å². The van der Waals surface area contributed by atoms with E-state index in [-0.39, 0.29) is 17.5 Å². The summed E-state index contributed by atoms with van der Waals surface area (Å²) >= 11 is 0. The first-order chi connectivity index (χ1) is 17.8. The zero-order valence-corrected chi connectivity index (χ0v) is 21.7. The molecule has 0 aromatic heterocycles. The normalized spacial score (nSPS) is 19.1. The van der Waals surface area contributed by atoms with Crippen LogP contribution in [0.25, 0.3) is 0 Å². The number of dihydropyridines is 1. The van der Waals surface area contributed by atoms with Gasteiger partial charge < -0.3 is 24.3 Å². The lowest BCUT2D eigenvalue weighted by atomic mass is 9.71. The molecule has 0 radical (unpaired) electrons. The van der Waals surface area contributed by atoms with Gasteiger partial charge in [-0.2, -0.15) is 0 Å². The minimum absolute atomic E-state index is 0.0110. The van der Waals surface area contributed by atoms with Gasteiger partial charge in [0.25, 0.3) is 0 Å². The van der Waals surface area contributed by atoms with Gasteiger partial charge >= 0.3 is 11.9 Å². The third-order valence-electron chi connectivity index (χ3n) is 6.67. The van der Waals surface area contributed by atoms with E-state index < -0.39 is 17.9 Å². The molecule has 1 aliphatic carbocycles. The lowest BCUT2D eigenvalue weighted by Gasteiger charge is -2.36. The topological polar surface area (TPSA) is 100 Å². The van der Waals surface area contributed by atoms with Gasteiger partial charge in [-0.05, 0) is 61.6 Å². The number of carbonyl (C=O) groups is 3. The van der Waals surface area contributed by atoms with Crippen LogP contribution < -0.4 is 19.5 Å². The number of carbonyl (C=O) groups excluding carboxylic acids is 3. The first kappa shape index (κ1) is 26.0. The van der Waals surface area contributed by atoms with E-state index in [2.05, 4.69) is 5.32 Å². The highest BCUT2D eigenvalue weighted by Gasteiger charge is 2.41. The van der Waals surface area contributed by atoms with Crippen molar-refractivity contribution in [2.45, 2.75) is 45.4 Å². The van der Waals surface area contributed by atoms with Crippen LogP contribution in [0.3, 0.4) is 0 Å². The number of Topliss-reactive ketones (excluding diaryl/α,β-unsaturated/α-hetero) is 1. The molecular weight excluding hydrogens is 474 g/mol. The minimum atomic E-state index is -0.654. The molecule has 8 nitrogen and oxygen atoms in total. The standard InChI is InChI=1S/C29H31NO7/c1-6-36-25-15-19(9-12-24(25)37-17(3)31)27-26(29(33)35-5)16(2)30-22-13-20(14-23(32)28(22)27)18-7-10-21(34-4)11-8-18/h7-12,15,20,27,30H,6,13-14H2,1-5H3. The molecule has 0 fully saturated rings. The Kier molecular flexibility index (Phi) is 7.66. The molecule has 194 valence electrons. The summed E-state index contributed by atoms with van der Waals surface area (Å²) < 4.78 is 21.4. The van der Waals surface area contributed by atoms with E-state index in [1.165, 1.54) is 14.0 Å². The fourth-order valence-corrected chi connectivity index (χ4v) is 5.08. The molecule has 2 aromatic carbocycles. The maximum absolute atomic E-state index is 13.7. The quantitative estimate of drug-likeness (QED) is 0.432. The van der Waals surface area contributed by atoms with Crippen LogP contribution in [0.2, 0.25) is 0 Å². The number of ether oxygens (including phenoxy) is 4. The minimum Gasteiger partial charge on any atom is -0.497 e. The molecule has 1 aliphatic heterocycles. The van der Waals surface area contributed by atoms with E-state index in [4.69, 9.17) is 18.9 Å². The van der Waals surface area contributed by atoms with Crippen molar-refractivity contribution in [3.8, 4) is 17.2 Å². The summed E-state index contributed by atoms with van der Waals surface area (Å²) in [5.41, 5.74) is 4.03. The van der Waals surface area contributed by atoms with Gasteiger partial charge in [0.2, 0.25) is 0 Å². The fraction of sp³-hybridized carbons (Fsp3) is 0.345. The molecule has 2 aliphatic rings. The average molecular weight is 506 g/mol. The molecule has 2 atom stereocenters. The number of allylic oxidation sites excluding steroid dienone is 3. The van der Waals surface area contributed by atoms with Crippen LogP contribution in [0.15, 0.2) is 65.0 Å². The lowest BCUT2D eigenvalue weighted by Crippen LogP contribution is -2.36. The maximum atomic E-state index is 13.7. The van der Waals surface area contributed by atoms with E-state index in [0.29, 0.717) is 47.6 Å². The SMILES string of the molecule is CCOc1cc(C2C(C(=O)OC)=C(C)NC3=C2C(=O)CC(c2ccc(OC)cc2)C3)ccc1OC(C)=O. The number of hydrogen-bond donors (Lipinski definition) is 1. The van der Waals surface area contributed by atoms with Crippen LogP contribution in [0.1, 0.15) is 56.6 Å². The Labute approximate surface area is 216 Å². The summed E-state index contributed by atoms with van der Waals surface area (Å²) in [7, 11) is 2.94. The first-order valence-electron chi connectivity index (χ1n) is 12.2. The highest BCUT2D eigenvalue weighted by Crippen LogP contribution is 2.47. The first-order valence-corrected chi connectivity index (χ1v) is 12.2. The molecule has 0 saturated heterocycles. The van der Waals surface area contributed by atoms with Gasteiger partial charge in [0.1, 0.15) is 5.75 Å². The number of rotatable bonds is 7. The highest BCUT2D eigenvalue weighted by molar-refractivity contribution is 6.04. The third-order valence-corrected chi connectivity index (χ3v) is 6.67. The molecule has 0 saturated carbocycles. The summed E-state index contributed by atoms with van der Waals surface area (Å²) in [5.74, 6) is -0.317. The Morgan fingerprint density at radius 2 is 1.70 bits per heavy atom.